The molecule has 0 aliphatic carbocycles. The fourth-order valence-corrected chi connectivity index (χ4v) is 2.91. The molecule has 0 radical (unpaired) electrons. The van der Waals surface area contributed by atoms with E-state index in [1.165, 1.54) is 0 Å². The van der Waals surface area contributed by atoms with Crippen LogP contribution in [0.4, 0.5) is 5.88 Å². The zero-order valence-electron chi connectivity index (χ0n) is 10.6. The highest BCUT2D eigenvalue weighted by Crippen LogP contribution is 2.41. The maximum absolute atomic E-state index is 6.34. The first-order chi connectivity index (χ1) is 10.1. The van der Waals surface area contributed by atoms with Crippen LogP contribution in [0.2, 0.25) is 5.02 Å². The molecule has 2 aromatic carbocycles. The molecule has 1 heterocycles. The highest BCUT2D eigenvalue weighted by molar-refractivity contribution is 9.10. The molecule has 21 heavy (non-hydrogen) atoms. The summed E-state index contributed by atoms with van der Waals surface area (Å²) in [4.78, 5) is 0. The van der Waals surface area contributed by atoms with Crippen molar-refractivity contribution in [2.75, 3.05) is 5.73 Å². The number of aromatic nitrogens is 1. The normalized spacial score (nSPS) is 10.8. The first-order valence-corrected chi connectivity index (χ1v) is 8.00. The van der Waals surface area contributed by atoms with Gasteiger partial charge in [-0.3, -0.25) is 0 Å². The lowest BCUT2D eigenvalue weighted by molar-refractivity contribution is 0.439. The van der Waals surface area contributed by atoms with Gasteiger partial charge in [0.25, 0.3) is 0 Å². The molecule has 106 valence electrons. The second kappa shape index (κ2) is 5.83. The minimum atomic E-state index is 0.267. The molecule has 0 spiro atoms. The van der Waals surface area contributed by atoms with Gasteiger partial charge in [-0.2, -0.15) is 0 Å². The lowest BCUT2D eigenvalue weighted by Crippen LogP contribution is -1.88. The number of nitrogens with two attached hydrogens (primary N) is 1. The molecule has 0 unspecified atom stereocenters. The van der Waals surface area contributed by atoms with Crippen LogP contribution in [0.1, 0.15) is 0 Å². The van der Waals surface area contributed by atoms with E-state index in [2.05, 4.69) is 37.0 Å². The van der Waals surface area contributed by atoms with Crippen LogP contribution in [-0.4, -0.2) is 5.16 Å². The summed E-state index contributed by atoms with van der Waals surface area (Å²) < 4.78 is 6.96. The van der Waals surface area contributed by atoms with Gasteiger partial charge >= 0.3 is 0 Å². The van der Waals surface area contributed by atoms with Crippen molar-refractivity contribution in [1.29, 1.82) is 0 Å². The summed E-state index contributed by atoms with van der Waals surface area (Å²) in [6, 6.07) is 13.4. The Bertz CT molecular complexity index is 800. The van der Waals surface area contributed by atoms with Gasteiger partial charge in [-0.25, -0.2) is 0 Å². The molecule has 0 bridgehead atoms. The number of halogens is 3. The van der Waals surface area contributed by atoms with E-state index in [0.29, 0.717) is 10.7 Å². The second-order valence-electron chi connectivity index (χ2n) is 4.38. The van der Waals surface area contributed by atoms with E-state index in [4.69, 9.17) is 21.9 Å². The van der Waals surface area contributed by atoms with Gasteiger partial charge in [0, 0.05) is 14.5 Å². The highest BCUT2D eigenvalue weighted by atomic mass is 79.9. The third-order valence-electron chi connectivity index (χ3n) is 3.06. The molecule has 6 heteroatoms. The zero-order chi connectivity index (χ0) is 15.0. The molecule has 1 aromatic heterocycles. The molecular formula is C15H9Br2ClN2O. The predicted molar refractivity (Wildman–Crippen MR) is 92.2 cm³/mol. The van der Waals surface area contributed by atoms with E-state index in [9.17, 15) is 0 Å². The van der Waals surface area contributed by atoms with E-state index in [1.54, 1.807) is 0 Å². The van der Waals surface area contributed by atoms with Crippen LogP contribution in [0.5, 0.6) is 0 Å². The van der Waals surface area contributed by atoms with Gasteiger partial charge < -0.3 is 10.3 Å². The van der Waals surface area contributed by atoms with Crippen molar-refractivity contribution >= 4 is 49.3 Å². The molecule has 0 amide bonds. The number of hydrogen-bond acceptors (Lipinski definition) is 3. The van der Waals surface area contributed by atoms with Crippen molar-refractivity contribution in [1.82, 2.24) is 5.16 Å². The predicted octanol–water partition coefficient (Wildman–Crippen LogP) is 5.77. The summed E-state index contributed by atoms with van der Waals surface area (Å²) in [5.41, 5.74) is 8.99. The van der Waals surface area contributed by atoms with E-state index in [0.717, 1.165) is 25.6 Å². The topological polar surface area (TPSA) is 52.0 Å². The van der Waals surface area contributed by atoms with Crippen molar-refractivity contribution in [2.45, 2.75) is 0 Å². The monoisotopic (exact) mass is 426 g/mol. The molecule has 0 aliphatic heterocycles. The van der Waals surface area contributed by atoms with Gasteiger partial charge in [0.05, 0.1) is 10.6 Å². The van der Waals surface area contributed by atoms with Gasteiger partial charge in [-0.05, 0) is 39.7 Å². The van der Waals surface area contributed by atoms with Gasteiger partial charge in [0.2, 0.25) is 5.88 Å². The van der Waals surface area contributed by atoms with Crippen LogP contribution in [0.25, 0.3) is 22.4 Å². The molecule has 3 aromatic rings. The lowest BCUT2D eigenvalue weighted by Gasteiger charge is -2.06. The summed E-state index contributed by atoms with van der Waals surface area (Å²) in [5.74, 6) is 0.267. The minimum Gasteiger partial charge on any atom is -0.367 e. The van der Waals surface area contributed by atoms with Crippen molar-refractivity contribution < 1.29 is 4.52 Å². The van der Waals surface area contributed by atoms with Crippen molar-refractivity contribution in [3.05, 3.63) is 56.4 Å². The molecular weight excluding hydrogens is 419 g/mol. The third-order valence-corrected chi connectivity index (χ3v) is 4.88. The molecule has 3 nitrogen and oxygen atoms in total. The molecule has 0 aliphatic rings. The summed E-state index contributed by atoms with van der Waals surface area (Å²) in [6.45, 7) is 0. The Morgan fingerprint density at radius 3 is 2.48 bits per heavy atom. The van der Waals surface area contributed by atoms with Crippen LogP contribution in [0.3, 0.4) is 0 Å². The number of anilines is 1. The quantitative estimate of drug-likeness (QED) is 0.564. The van der Waals surface area contributed by atoms with Crippen LogP contribution in [0.15, 0.2) is 55.9 Å². The first-order valence-electron chi connectivity index (χ1n) is 6.03. The maximum Gasteiger partial charge on any atom is 0.230 e. The number of nitrogen functional groups attached to an aromatic ring is 1. The SMILES string of the molecule is Nc1onc(-c2cccc(Br)c2Cl)c1-c1ccc(Br)cc1. The van der Waals surface area contributed by atoms with Crippen LogP contribution in [-0.2, 0) is 0 Å². The van der Waals surface area contributed by atoms with Crippen LogP contribution < -0.4 is 5.73 Å². The van der Waals surface area contributed by atoms with E-state index in [-0.39, 0.29) is 5.88 Å². The van der Waals surface area contributed by atoms with Crippen molar-refractivity contribution in [2.24, 2.45) is 0 Å². The Hall–Kier alpha value is -1.30. The third kappa shape index (κ3) is 2.73. The molecule has 0 saturated carbocycles. The molecule has 0 atom stereocenters. The van der Waals surface area contributed by atoms with Crippen molar-refractivity contribution in [3.63, 3.8) is 0 Å². The Morgan fingerprint density at radius 2 is 1.76 bits per heavy atom. The molecule has 0 fully saturated rings. The molecule has 3 rings (SSSR count). The fraction of sp³-hybridized carbons (Fsp3) is 0. The second-order valence-corrected chi connectivity index (χ2v) is 6.53. The summed E-state index contributed by atoms with van der Waals surface area (Å²) >= 11 is 13.2. The Balaban J connectivity index is 2.22. The maximum atomic E-state index is 6.34. The minimum absolute atomic E-state index is 0.267. The van der Waals surface area contributed by atoms with Gasteiger partial charge in [-0.15, -0.1) is 0 Å². The first kappa shape index (κ1) is 14.6. The summed E-state index contributed by atoms with van der Waals surface area (Å²) in [5, 5.41) is 4.64. The Morgan fingerprint density at radius 1 is 1.05 bits per heavy atom. The Kier molecular flexibility index (Phi) is 4.06. The largest absolute Gasteiger partial charge is 0.367 e. The number of rotatable bonds is 2. The van der Waals surface area contributed by atoms with E-state index in [1.807, 2.05) is 42.5 Å². The van der Waals surface area contributed by atoms with Gasteiger partial charge in [-0.1, -0.05) is 57.0 Å². The summed E-state index contributed by atoms with van der Waals surface area (Å²) in [6.07, 6.45) is 0. The smallest absolute Gasteiger partial charge is 0.230 e. The average molecular weight is 429 g/mol. The number of nitrogens with zero attached hydrogens (tertiary/aromatic N) is 1. The zero-order valence-corrected chi connectivity index (χ0v) is 14.5. The fourth-order valence-electron chi connectivity index (χ4n) is 2.07. The summed E-state index contributed by atoms with van der Waals surface area (Å²) in [7, 11) is 0. The Labute approximate surface area is 143 Å². The molecule has 2 N–H and O–H groups in total. The van der Waals surface area contributed by atoms with Crippen LogP contribution in [0, 0.1) is 0 Å². The van der Waals surface area contributed by atoms with Gasteiger partial charge in [0.1, 0.15) is 5.69 Å². The van der Waals surface area contributed by atoms with Crippen molar-refractivity contribution in [3.8, 4) is 22.4 Å². The highest BCUT2D eigenvalue weighted by Gasteiger charge is 2.20. The van der Waals surface area contributed by atoms with E-state index < -0.39 is 0 Å². The van der Waals surface area contributed by atoms with Crippen LogP contribution >= 0.6 is 43.5 Å². The lowest BCUT2D eigenvalue weighted by atomic mass is 10.0. The number of hydrogen-bond donors (Lipinski definition) is 1. The average Bonchev–Trinajstić information content (AvgIpc) is 2.85. The van der Waals surface area contributed by atoms with E-state index >= 15 is 0 Å². The molecule has 0 saturated heterocycles. The van der Waals surface area contributed by atoms with Gasteiger partial charge in [0.15, 0.2) is 0 Å². The number of benzene rings is 2. The standard InChI is InChI=1S/C15H9Br2ClN2O/c16-9-6-4-8(5-7-9)12-14(20-21-15(12)19)10-2-1-3-11(17)13(10)18/h1-7H,19H2.